The van der Waals surface area contributed by atoms with Crippen LogP contribution in [0.3, 0.4) is 0 Å². The summed E-state index contributed by atoms with van der Waals surface area (Å²) < 4.78 is 0. The lowest BCUT2D eigenvalue weighted by Gasteiger charge is -2.01. The van der Waals surface area contributed by atoms with Gasteiger partial charge in [-0.2, -0.15) is 0 Å². The third-order valence-corrected chi connectivity index (χ3v) is 0. The summed E-state index contributed by atoms with van der Waals surface area (Å²) in [5.41, 5.74) is 0. The highest BCUT2D eigenvalue weighted by Crippen LogP contribution is 1.94. The molecule has 0 atom stereocenters. The van der Waals surface area contributed by atoms with E-state index in [-0.39, 0.29) is 27.8 Å². The first-order chi connectivity index (χ1) is 4.00. The van der Waals surface area contributed by atoms with Gasteiger partial charge in [0.25, 0.3) is 0 Å². The van der Waals surface area contributed by atoms with Crippen molar-refractivity contribution in [3.8, 4) is 0 Å². The van der Waals surface area contributed by atoms with E-state index in [1.807, 2.05) is 19.6 Å². The van der Waals surface area contributed by atoms with Crippen molar-refractivity contribution < 1.29 is 10.3 Å². The van der Waals surface area contributed by atoms with Gasteiger partial charge in [-0.25, -0.2) is 0 Å². The number of rotatable bonds is 0. The molecule has 0 aliphatic heterocycles. The van der Waals surface area contributed by atoms with Gasteiger partial charge in [0.2, 0.25) is 0 Å². The van der Waals surface area contributed by atoms with E-state index in [0.717, 1.165) is 0 Å². The van der Waals surface area contributed by atoms with Crippen molar-refractivity contribution in [2.75, 3.05) is 0 Å². The van der Waals surface area contributed by atoms with Crippen LogP contribution < -0.4 is 0 Å². The third-order valence-electron chi connectivity index (χ3n) is 0. The maximum absolute atomic E-state index is 8.66. The number of hydrogen-bond acceptors (Lipinski definition) is 1. The van der Waals surface area contributed by atoms with Crippen LogP contribution in [0.1, 0.15) is 22.3 Å². The second-order valence-electron chi connectivity index (χ2n) is 5.17. The largest absolute Gasteiger partial charge is 0.433 e. The van der Waals surface area contributed by atoms with Crippen molar-refractivity contribution in [1.82, 2.24) is 0 Å². The zero-order valence-corrected chi connectivity index (χ0v) is 10.9. The molecule has 0 radical (unpaired) electrons. The Kier molecular flexibility index (Phi) is 35.0. The Morgan fingerprint density at radius 1 is 0.643 bits per heavy atom. The Labute approximate surface area is 95.2 Å². The lowest BCUT2D eigenvalue weighted by molar-refractivity contribution is 0.561. The molecule has 0 saturated heterocycles. The van der Waals surface area contributed by atoms with Gasteiger partial charge in [0.05, 0.1) is 0 Å². The fourth-order valence-corrected chi connectivity index (χ4v) is 0. The first-order valence-electron chi connectivity index (χ1n) is 3.72. The quantitative estimate of drug-likeness (QED) is 0.514. The molecule has 0 aromatic heterocycles. The van der Waals surface area contributed by atoms with Gasteiger partial charge in [-0.1, -0.05) is 48.5 Å². The summed E-state index contributed by atoms with van der Waals surface area (Å²) >= 11 is 0. The van der Waals surface area contributed by atoms with Gasteiger partial charge in [-0.05, 0) is 19.6 Å². The summed E-state index contributed by atoms with van der Waals surface area (Å²) in [5.74, 6) is 0. The summed E-state index contributed by atoms with van der Waals surface area (Å²) in [7, 11) is -2.22. The topological polar surface area (TPSA) is 51.7 Å². The Morgan fingerprint density at radius 3 is 0.643 bits per heavy atom. The second kappa shape index (κ2) is 13.4. The summed E-state index contributed by atoms with van der Waals surface area (Å²) in [5, 5.41) is 0. The summed E-state index contributed by atoms with van der Waals surface area (Å²) in [4.78, 5) is 8.66. The van der Waals surface area contributed by atoms with Crippen LogP contribution in [0.5, 0.6) is 0 Å². The zero-order chi connectivity index (χ0) is 9.00. The van der Waals surface area contributed by atoms with Crippen molar-refractivity contribution in [3.63, 3.8) is 0 Å². The van der Waals surface area contributed by atoms with Crippen LogP contribution in [0.25, 0.3) is 0 Å². The average molecular weight is 249 g/mol. The average Bonchev–Trinajstić information content (AvgIpc) is 1.12. The molecule has 14 heavy (non-hydrogen) atoms. The first kappa shape index (κ1) is 36.7. The Bertz CT molecular complexity index is 59.1. The zero-order valence-electron chi connectivity index (χ0n) is 8.95. The standard InChI is InChI=1S/C4H12Si.C3H10OSi.3CH4.H2O/c2*1-5(2,3)4;;;;/h1-4H3;4H,1-3H3;3*1H4;1H2/i;4+2;;;;1+2. The van der Waals surface area contributed by atoms with E-state index in [1.54, 1.807) is 0 Å². The summed E-state index contributed by atoms with van der Waals surface area (Å²) in [6, 6.07) is 0. The molecule has 4 heteroatoms. The van der Waals surface area contributed by atoms with Crippen LogP contribution in [0, 0.1) is 0 Å². The molecule has 0 saturated carbocycles. The molecule has 0 aliphatic carbocycles. The van der Waals surface area contributed by atoms with Crippen molar-refractivity contribution in [3.05, 3.63) is 0 Å². The van der Waals surface area contributed by atoms with E-state index >= 15 is 0 Å². The van der Waals surface area contributed by atoms with Crippen molar-refractivity contribution in [2.45, 2.75) is 68.1 Å². The van der Waals surface area contributed by atoms with Gasteiger partial charge >= 0.3 is 0 Å². The smallest absolute Gasteiger partial charge is 0.179 e. The molecule has 0 rings (SSSR count). The van der Waals surface area contributed by atoms with E-state index in [1.165, 1.54) is 0 Å². The molecule has 0 aromatic rings. The van der Waals surface area contributed by atoms with Gasteiger partial charge in [0.15, 0.2) is 8.32 Å². The van der Waals surface area contributed by atoms with E-state index in [0.29, 0.717) is 0 Å². The fraction of sp³-hybridized carbons (Fsp3) is 1.00. The highest BCUT2D eigenvalue weighted by atomic mass is 28.4. The van der Waals surface area contributed by atoms with Crippen LogP contribution in [0.4, 0.5) is 0 Å². The van der Waals surface area contributed by atoms with Gasteiger partial charge in [-0.15, -0.1) is 0 Å². The molecule has 0 amide bonds. The predicted octanol–water partition coefficient (Wildman–Crippen LogP) is 3.85. The molecule has 0 aromatic carbocycles. The van der Waals surface area contributed by atoms with Crippen LogP contribution in [0.2, 0.25) is 45.8 Å². The van der Waals surface area contributed by atoms with Gasteiger partial charge in [0.1, 0.15) is 0 Å². The van der Waals surface area contributed by atoms with Crippen molar-refractivity contribution >= 4 is 16.4 Å². The molecular weight excluding hydrogens is 212 g/mol. The summed E-state index contributed by atoms with van der Waals surface area (Å²) in [6.07, 6.45) is 0. The Balaban J connectivity index is -0.0000000178. The molecule has 0 heterocycles. The lowest BCUT2D eigenvalue weighted by atomic mass is 11.8. The molecule has 0 spiro atoms. The second-order valence-corrected chi connectivity index (χ2v) is 15.5. The minimum Gasteiger partial charge on any atom is -0.433 e. The SMILES string of the molecule is C.C.C.C[Si](C)(C)C.C[Si](C)(C)[18OH].[18OH2]. The van der Waals surface area contributed by atoms with Crippen molar-refractivity contribution in [2.24, 2.45) is 0 Å². The van der Waals surface area contributed by atoms with Crippen LogP contribution >= 0.6 is 0 Å². The van der Waals surface area contributed by atoms with Crippen molar-refractivity contribution in [1.29, 1.82) is 0 Å². The van der Waals surface area contributed by atoms with Crippen LogP contribution in [0.15, 0.2) is 0 Å². The highest BCUT2D eigenvalue weighted by molar-refractivity contribution is 6.74. The maximum atomic E-state index is 8.66. The minimum absolute atomic E-state index is 0. The fourth-order valence-electron chi connectivity index (χ4n) is 0. The Morgan fingerprint density at radius 2 is 0.643 bits per heavy atom. The third kappa shape index (κ3) is 12700. The maximum Gasteiger partial charge on any atom is 0.179 e. The monoisotopic (exact) mass is 248 g/mol. The van der Waals surface area contributed by atoms with Crippen LogP contribution in [-0.4, -0.2) is 26.7 Å². The van der Waals surface area contributed by atoms with E-state index < -0.39 is 16.4 Å². The molecule has 3 N–H and O–H groups in total. The minimum atomic E-state index is -1.61. The lowest BCUT2D eigenvalue weighted by Crippen LogP contribution is -2.17. The summed E-state index contributed by atoms with van der Waals surface area (Å²) in [6.45, 7) is 15.0. The Hall–Kier alpha value is 0.354. The normalized spacial score (nSPS) is 8.57. The molecule has 0 bridgehead atoms. The van der Waals surface area contributed by atoms with Gasteiger partial charge in [-0.3, -0.25) is 0 Å². The molecular formula is C10H36O2Si2. The number of hydrogen-bond donors (Lipinski definition) is 1. The van der Waals surface area contributed by atoms with Gasteiger partial charge in [0, 0.05) is 8.07 Å². The first-order valence-corrected chi connectivity index (χ1v) is 11.2. The molecule has 96 valence electrons. The van der Waals surface area contributed by atoms with E-state index in [9.17, 15) is 0 Å². The van der Waals surface area contributed by atoms with Crippen LogP contribution in [-0.2, 0) is 0 Å². The molecule has 0 aliphatic rings. The molecule has 2 nitrogen and oxygen atoms in total. The van der Waals surface area contributed by atoms with Gasteiger partial charge < -0.3 is 10.3 Å². The van der Waals surface area contributed by atoms with E-state index in [2.05, 4.69) is 26.2 Å². The molecule has 0 fully saturated rings. The molecule has 0 unspecified atom stereocenters. The predicted molar refractivity (Wildman–Crippen MR) is 78.6 cm³/mol. The highest BCUT2D eigenvalue weighted by Gasteiger charge is 2.03. The van der Waals surface area contributed by atoms with E-state index in [4.69, 9.17) is 4.80 Å².